The molecule has 4 nitrogen and oxygen atoms in total. The van der Waals surface area contributed by atoms with E-state index in [2.05, 4.69) is 9.88 Å². The molecule has 0 amide bonds. The second-order valence-electron chi connectivity index (χ2n) is 5.16. The number of aliphatic carboxylic acids is 1. The predicted octanol–water partition coefficient (Wildman–Crippen LogP) is 3.19. The van der Waals surface area contributed by atoms with Gasteiger partial charge < -0.3 is 10.0 Å². The molecule has 0 aliphatic carbocycles. The van der Waals surface area contributed by atoms with Gasteiger partial charge in [-0.2, -0.15) is 0 Å². The van der Waals surface area contributed by atoms with E-state index in [0.29, 0.717) is 11.4 Å². The van der Waals surface area contributed by atoms with Gasteiger partial charge in [-0.25, -0.2) is 0 Å². The number of hydrogen-bond acceptors (Lipinski definition) is 3. The summed E-state index contributed by atoms with van der Waals surface area (Å²) in [7, 11) is 0. The van der Waals surface area contributed by atoms with E-state index >= 15 is 0 Å². The summed E-state index contributed by atoms with van der Waals surface area (Å²) in [4.78, 5) is 17.7. The smallest absolute Gasteiger partial charge is 0.308 e. The first-order chi connectivity index (χ1) is 9.58. The number of fused-ring (bicyclic) bond motifs is 1. The van der Waals surface area contributed by atoms with Gasteiger partial charge in [0, 0.05) is 34.9 Å². The van der Waals surface area contributed by atoms with Crippen LogP contribution in [0.25, 0.3) is 10.9 Å². The molecule has 1 saturated heterocycles. The third-order valence-electron chi connectivity index (χ3n) is 4.06. The molecule has 0 radical (unpaired) electrons. The van der Waals surface area contributed by atoms with E-state index < -0.39 is 5.97 Å². The Morgan fingerprint density at radius 1 is 1.45 bits per heavy atom. The zero-order valence-corrected chi connectivity index (χ0v) is 11.8. The first-order valence-corrected chi connectivity index (χ1v) is 6.99. The standard InChI is InChI=1S/C15H15ClN2O2/c1-9-11(15(19)20)5-7-18(9)14-4-6-17-13-8-10(16)2-3-12(13)14/h2-4,6,8-9,11H,5,7H2,1H3,(H,19,20). The van der Waals surface area contributed by atoms with Crippen LogP contribution in [-0.2, 0) is 4.79 Å². The molecule has 2 heterocycles. The summed E-state index contributed by atoms with van der Waals surface area (Å²) in [5, 5.41) is 10.9. The Morgan fingerprint density at radius 2 is 2.25 bits per heavy atom. The van der Waals surface area contributed by atoms with Gasteiger partial charge in [0.1, 0.15) is 0 Å². The van der Waals surface area contributed by atoms with Crippen LogP contribution in [0.5, 0.6) is 0 Å². The molecular weight excluding hydrogens is 276 g/mol. The van der Waals surface area contributed by atoms with Crippen LogP contribution in [0.4, 0.5) is 5.69 Å². The average Bonchev–Trinajstić information content (AvgIpc) is 2.79. The summed E-state index contributed by atoms with van der Waals surface area (Å²) >= 11 is 5.99. The summed E-state index contributed by atoms with van der Waals surface area (Å²) in [6.07, 6.45) is 2.42. The Kier molecular flexibility index (Phi) is 3.26. The molecule has 20 heavy (non-hydrogen) atoms. The van der Waals surface area contributed by atoms with E-state index in [9.17, 15) is 9.90 Å². The van der Waals surface area contributed by atoms with Gasteiger partial charge in [-0.1, -0.05) is 11.6 Å². The topological polar surface area (TPSA) is 53.4 Å². The lowest BCUT2D eigenvalue weighted by molar-refractivity contribution is -0.141. The minimum atomic E-state index is -0.721. The predicted molar refractivity (Wildman–Crippen MR) is 79.3 cm³/mol. The van der Waals surface area contributed by atoms with Gasteiger partial charge in [0.25, 0.3) is 0 Å². The molecular formula is C15H15ClN2O2. The number of halogens is 1. The minimum absolute atomic E-state index is 0.0196. The summed E-state index contributed by atoms with van der Waals surface area (Å²) in [5.74, 6) is -1.04. The molecule has 1 aromatic carbocycles. The Hall–Kier alpha value is -1.81. The van der Waals surface area contributed by atoms with E-state index in [4.69, 9.17) is 11.6 Å². The second kappa shape index (κ2) is 4.94. The number of benzene rings is 1. The maximum absolute atomic E-state index is 11.2. The largest absolute Gasteiger partial charge is 0.481 e. The molecule has 5 heteroatoms. The van der Waals surface area contributed by atoms with Crippen LogP contribution in [0.3, 0.4) is 0 Å². The Balaban J connectivity index is 2.05. The van der Waals surface area contributed by atoms with Crippen molar-refractivity contribution in [3.63, 3.8) is 0 Å². The number of carboxylic acid groups (broad SMARTS) is 1. The molecule has 0 spiro atoms. The Bertz CT molecular complexity index is 674. The van der Waals surface area contributed by atoms with Gasteiger partial charge in [0.05, 0.1) is 11.4 Å². The van der Waals surface area contributed by atoms with Crippen molar-refractivity contribution in [2.24, 2.45) is 5.92 Å². The molecule has 1 aromatic heterocycles. The van der Waals surface area contributed by atoms with Crippen molar-refractivity contribution in [2.75, 3.05) is 11.4 Å². The number of hydrogen-bond donors (Lipinski definition) is 1. The van der Waals surface area contributed by atoms with Crippen LogP contribution in [0.1, 0.15) is 13.3 Å². The van der Waals surface area contributed by atoms with Crippen LogP contribution >= 0.6 is 11.6 Å². The zero-order valence-electron chi connectivity index (χ0n) is 11.1. The van der Waals surface area contributed by atoms with Crippen molar-refractivity contribution in [1.29, 1.82) is 0 Å². The lowest BCUT2D eigenvalue weighted by atomic mass is 10.0. The molecule has 2 unspecified atom stereocenters. The monoisotopic (exact) mass is 290 g/mol. The fourth-order valence-electron chi connectivity index (χ4n) is 2.97. The SMILES string of the molecule is CC1C(C(=O)O)CCN1c1ccnc2cc(Cl)ccc12. The number of carboxylic acids is 1. The van der Waals surface area contributed by atoms with Gasteiger partial charge in [-0.15, -0.1) is 0 Å². The summed E-state index contributed by atoms with van der Waals surface area (Å²) < 4.78 is 0. The molecule has 1 aliphatic heterocycles. The quantitative estimate of drug-likeness (QED) is 0.923. The molecule has 2 atom stereocenters. The normalized spacial score (nSPS) is 22.4. The van der Waals surface area contributed by atoms with Crippen molar-refractivity contribution in [1.82, 2.24) is 4.98 Å². The van der Waals surface area contributed by atoms with Gasteiger partial charge in [0.2, 0.25) is 0 Å². The maximum Gasteiger partial charge on any atom is 0.308 e. The molecule has 2 aromatic rings. The molecule has 104 valence electrons. The molecule has 1 fully saturated rings. The minimum Gasteiger partial charge on any atom is -0.481 e. The fraction of sp³-hybridized carbons (Fsp3) is 0.333. The number of rotatable bonds is 2. The maximum atomic E-state index is 11.2. The van der Waals surface area contributed by atoms with Crippen LogP contribution in [0.15, 0.2) is 30.5 Å². The molecule has 0 bridgehead atoms. The van der Waals surface area contributed by atoms with Crippen molar-refractivity contribution in [3.8, 4) is 0 Å². The van der Waals surface area contributed by atoms with E-state index in [1.54, 1.807) is 6.20 Å². The van der Waals surface area contributed by atoms with Gasteiger partial charge in [-0.3, -0.25) is 9.78 Å². The number of nitrogens with zero attached hydrogens (tertiary/aromatic N) is 2. The van der Waals surface area contributed by atoms with E-state index in [1.165, 1.54) is 0 Å². The first-order valence-electron chi connectivity index (χ1n) is 6.61. The van der Waals surface area contributed by atoms with Gasteiger partial charge in [0.15, 0.2) is 0 Å². The highest BCUT2D eigenvalue weighted by Gasteiger charge is 2.36. The Labute approximate surface area is 122 Å². The van der Waals surface area contributed by atoms with E-state index in [-0.39, 0.29) is 12.0 Å². The highest BCUT2D eigenvalue weighted by Crippen LogP contribution is 2.34. The highest BCUT2D eigenvalue weighted by atomic mass is 35.5. The molecule has 0 saturated carbocycles. The summed E-state index contributed by atoms with van der Waals surface area (Å²) in [5.41, 5.74) is 1.86. The van der Waals surface area contributed by atoms with Crippen molar-refractivity contribution in [3.05, 3.63) is 35.5 Å². The molecule has 1 N–H and O–H groups in total. The molecule has 1 aliphatic rings. The summed E-state index contributed by atoms with van der Waals surface area (Å²) in [6.45, 7) is 2.72. The highest BCUT2D eigenvalue weighted by molar-refractivity contribution is 6.31. The number of pyridine rings is 1. The first kappa shape index (κ1) is 13.2. The van der Waals surface area contributed by atoms with Crippen LogP contribution < -0.4 is 4.90 Å². The van der Waals surface area contributed by atoms with E-state index in [1.807, 2.05) is 31.2 Å². The van der Waals surface area contributed by atoms with Gasteiger partial charge >= 0.3 is 5.97 Å². The van der Waals surface area contributed by atoms with Crippen LogP contribution in [-0.4, -0.2) is 28.6 Å². The fourth-order valence-corrected chi connectivity index (χ4v) is 3.13. The molecule has 3 rings (SSSR count). The van der Waals surface area contributed by atoms with Crippen molar-refractivity contribution < 1.29 is 9.90 Å². The van der Waals surface area contributed by atoms with Crippen LogP contribution in [0, 0.1) is 5.92 Å². The van der Waals surface area contributed by atoms with Crippen molar-refractivity contribution >= 4 is 34.2 Å². The Morgan fingerprint density at radius 3 is 2.95 bits per heavy atom. The van der Waals surface area contributed by atoms with Crippen molar-refractivity contribution in [2.45, 2.75) is 19.4 Å². The van der Waals surface area contributed by atoms with Crippen LogP contribution in [0.2, 0.25) is 5.02 Å². The van der Waals surface area contributed by atoms with E-state index in [0.717, 1.165) is 23.1 Å². The third-order valence-corrected chi connectivity index (χ3v) is 4.30. The zero-order chi connectivity index (χ0) is 14.3. The second-order valence-corrected chi connectivity index (χ2v) is 5.60. The lowest BCUT2D eigenvalue weighted by Gasteiger charge is -2.26. The number of anilines is 1. The van der Waals surface area contributed by atoms with Gasteiger partial charge in [-0.05, 0) is 37.6 Å². The number of aromatic nitrogens is 1. The average molecular weight is 291 g/mol. The third kappa shape index (κ3) is 2.10. The summed E-state index contributed by atoms with van der Waals surface area (Å²) in [6, 6.07) is 7.53. The lowest BCUT2D eigenvalue weighted by Crippen LogP contribution is -2.33. The number of carbonyl (C=O) groups is 1.